The van der Waals surface area contributed by atoms with Gasteiger partial charge in [-0.2, -0.15) is 0 Å². The molecular formula is C2H5O2SSe-. The summed E-state index contributed by atoms with van der Waals surface area (Å²) < 4.78 is 18.5. The first kappa shape index (κ1) is 9.62. The zero-order valence-corrected chi connectivity index (χ0v) is 5.92. The van der Waals surface area contributed by atoms with E-state index in [1.165, 1.54) is 0 Å². The molecule has 0 aromatic heterocycles. The third kappa shape index (κ3) is 8.84. The molecule has 0 spiro atoms. The van der Waals surface area contributed by atoms with Crippen LogP contribution in [0.4, 0.5) is 0 Å². The van der Waals surface area contributed by atoms with Crippen LogP contribution < -0.4 is 0 Å². The van der Waals surface area contributed by atoms with Gasteiger partial charge in [-0.05, 0) is 16.5 Å². The first-order valence-corrected chi connectivity index (χ1v) is 2.12. The van der Waals surface area contributed by atoms with Crippen molar-refractivity contribution in [3.63, 3.8) is 0 Å². The fourth-order valence-corrected chi connectivity index (χ4v) is 0. The molecule has 0 bridgehead atoms. The van der Waals surface area contributed by atoms with E-state index in [0.29, 0.717) is 0 Å². The summed E-state index contributed by atoms with van der Waals surface area (Å²) in [6.45, 7) is 2.95. The quantitative estimate of drug-likeness (QED) is 0.379. The zero-order valence-electron chi connectivity index (χ0n) is 3.01. The molecule has 0 fully saturated rings. The van der Waals surface area contributed by atoms with Gasteiger partial charge in [0, 0.05) is 0 Å². The molecule has 0 rings (SSSR count). The second-order valence-electron chi connectivity index (χ2n) is 0.427. The van der Waals surface area contributed by atoms with Crippen LogP contribution in [-0.2, 0) is 11.1 Å². The number of hydrogen-bond donors (Lipinski definition) is 0. The summed E-state index contributed by atoms with van der Waals surface area (Å²) in [6, 6.07) is 0. The van der Waals surface area contributed by atoms with Crippen molar-refractivity contribution in [3.05, 3.63) is 12.0 Å². The Bertz CT molecular complexity index is 62.6. The predicted octanol–water partition coefficient (Wildman–Crippen LogP) is -0.907. The average Bonchev–Trinajstić information content (AvgIpc) is 1.38. The fraction of sp³-hybridized carbons (Fsp3) is 0. The van der Waals surface area contributed by atoms with Crippen LogP contribution in [-0.4, -0.2) is 25.8 Å². The van der Waals surface area contributed by atoms with E-state index >= 15 is 0 Å². The summed E-state index contributed by atoms with van der Waals surface area (Å²) in [5.74, 6) is 0. The van der Waals surface area contributed by atoms with E-state index in [2.05, 4.69) is 6.58 Å². The first-order valence-electron chi connectivity index (χ1n) is 0.977. The average molecular weight is 172 g/mol. The molecular weight excluding hydrogens is 167 g/mol. The maximum absolute atomic E-state index is 9.25. The van der Waals surface area contributed by atoms with Crippen LogP contribution in [0.5, 0.6) is 0 Å². The second-order valence-corrected chi connectivity index (χ2v) is 1.28. The van der Waals surface area contributed by atoms with E-state index in [0.717, 1.165) is 5.41 Å². The molecule has 0 saturated heterocycles. The SMILES string of the molecule is C=CS(=O)[O-].[SeH2]. The molecule has 0 aliphatic carbocycles. The molecule has 0 aliphatic rings. The summed E-state index contributed by atoms with van der Waals surface area (Å²) in [7, 11) is 0. The molecule has 4 heteroatoms. The van der Waals surface area contributed by atoms with Gasteiger partial charge in [-0.3, -0.25) is 4.21 Å². The van der Waals surface area contributed by atoms with E-state index in [1.54, 1.807) is 0 Å². The van der Waals surface area contributed by atoms with Gasteiger partial charge in [0.15, 0.2) is 0 Å². The van der Waals surface area contributed by atoms with Crippen molar-refractivity contribution in [1.82, 2.24) is 0 Å². The Balaban J connectivity index is 0. The minimum atomic E-state index is -2.06. The molecule has 0 radical (unpaired) electrons. The maximum atomic E-state index is 9.25. The molecule has 0 aromatic rings. The molecule has 38 valence electrons. The molecule has 6 heavy (non-hydrogen) atoms. The summed E-state index contributed by atoms with van der Waals surface area (Å²) in [5.41, 5.74) is 0. The summed E-state index contributed by atoms with van der Waals surface area (Å²) in [5, 5.41) is 0.833. The number of rotatable bonds is 1. The van der Waals surface area contributed by atoms with E-state index in [1.807, 2.05) is 0 Å². The van der Waals surface area contributed by atoms with Gasteiger partial charge in [0.2, 0.25) is 0 Å². The summed E-state index contributed by atoms with van der Waals surface area (Å²) >= 11 is -2.06. The van der Waals surface area contributed by atoms with E-state index in [4.69, 9.17) is 0 Å². The summed E-state index contributed by atoms with van der Waals surface area (Å²) in [4.78, 5) is 0. The fourth-order valence-electron chi connectivity index (χ4n) is 0. The molecule has 0 aromatic carbocycles. The van der Waals surface area contributed by atoms with Crippen molar-refractivity contribution in [2.75, 3.05) is 0 Å². The molecule has 2 nitrogen and oxygen atoms in total. The monoisotopic (exact) mass is 173 g/mol. The minimum absolute atomic E-state index is 0. The van der Waals surface area contributed by atoms with Gasteiger partial charge in [0.25, 0.3) is 0 Å². The van der Waals surface area contributed by atoms with E-state index in [-0.39, 0.29) is 17.1 Å². The van der Waals surface area contributed by atoms with Crippen LogP contribution in [0.2, 0.25) is 0 Å². The Hall–Kier alpha value is 0.369. The third-order valence-electron chi connectivity index (χ3n) is 0.136. The van der Waals surface area contributed by atoms with Crippen LogP contribution in [0.15, 0.2) is 12.0 Å². The van der Waals surface area contributed by atoms with Gasteiger partial charge < -0.3 is 4.55 Å². The van der Waals surface area contributed by atoms with Crippen molar-refractivity contribution in [3.8, 4) is 0 Å². The molecule has 1 atom stereocenters. The van der Waals surface area contributed by atoms with Crippen LogP contribution in [0.25, 0.3) is 0 Å². The first-order chi connectivity index (χ1) is 2.27. The third-order valence-corrected chi connectivity index (χ3v) is 0.408. The van der Waals surface area contributed by atoms with Crippen molar-refractivity contribution in [1.29, 1.82) is 0 Å². The van der Waals surface area contributed by atoms with Crippen LogP contribution in [0.3, 0.4) is 0 Å². The topological polar surface area (TPSA) is 40.1 Å². The van der Waals surface area contributed by atoms with E-state index in [9.17, 15) is 8.76 Å². The Morgan fingerprint density at radius 2 is 2.00 bits per heavy atom. The van der Waals surface area contributed by atoms with Crippen LogP contribution >= 0.6 is 0 Å². The van der Waals surface area contributed by atoms with Crippen molar-refractivity contribution < 1.29 is 8.76 Å². The van der Waals surface area contributed by atoms with Crippen LogP contribution in [0.1, 0.15) is 0 Å². The van der Waals surface area contributed by atoms with Crippen LogP contribution in [0, 0.1) is 0 Å². The standard InChI is InChI=1S/C2H4O2S.H2Se/c1-2-5(3)4;/h2H,1H2,(H,3,4);1H2/p-1. The van der Waals surface area contributed by atoms with Gasteiger partial charge in [0.05, 0.1) is 0 Å². The Morgan fingerprint density at radius 1 is 1.83 bits per heavy atom. The normalized spacial score (nSPS) is 11.5. The Labute approximate surface area is 49.4 Å². The Kier molecular flexibility index (Phi) is 8.61. The van der Waals surface area contributed by atoms with Gasteiger partial charge in [-0.25, -0.2) is 0 Å². The Morgan fingerprint density at radius 3 is 2.00 bits per heavy atom. The molecule has 0 amide bonds. The van der Waals surface area contributed by atoms with Gasteiger partial charge in [-0.15, -0.1) is 0 Å². The van der Waals surface area contributed by atoms with Crippen molar-refractivity contribution in [2.45, 2.75) is 0 Å². The molecule has 0 aliphatic heterocycles. The molecule has 0 heterocycles. The predicted molar refractivity (Wildman–Crippen MR) is 27.7 cm³/mol. The molecule has 1 unspecified atom stereocenters. The van der Waals surface area contributed by atoms with Crippen molar-refractivity contribution >= 4 is 28.1 Å². The molecule has 0 N–H and O–H groups in total. The van der Waals surface area contributed by atoms with Gasteiger partial charge >= 0.3 is 17.1 Å². The number of hydrogen-bond acceptors (Lipinski definition) is 2. The molecule has 0 saturated carbocycles. The zero-order chi connectivity index (χ0) is 4.28. The summed E-state index contributed by atoms with van der Waals surface area (Å²) in [6.07, 6.45) is 0. The van der Waals surface area contributed by atoms with Crippen molar-refractivity contribution in [2.24, 2.45) is 0 Å². The van der Waals surface area contributed by atoms with Gasteiger partial charge in [-0.1, -0.05) is 6.58 Å². The second kappa shape index (κ2) is 5.37. The van der Waals surface area contributed by atoms with Gasteiger partial charge in [0.1, 0.15) is 0 Å². The van der Waals surface area contributed by atoms with E-state index < -0.39 is 11.1 Å².